The van der Waals surface area contributed by atoms with Crippen LogP contribution in [0.2, 0.25) is 0 Å². The Kier molecular flexibility index (Phi) is 4.48. The lowest BCUT2D eigenvalue weighted by Crippen LogP contribution is -2.48. The zero-order valence-corrected chi connectivity index (χ0v) is 7.88. The fourth-order valence-electron chi connectivity index (χ4n) is 1.35. The molecule has 0 aromatic carbocycles. The lowest BCUT2D eigenvalue weighted by molar-refractivity contribution is -0.154. The minimum absolute atomic E-state index is 0. The van der Waals surface area contributed by atoms with Crippen molar-refractivity contribution in [3.05, 3.63) is 0 Å². The van der Waals surface area contributed by atoms with Crippen molar-refractivity contribution in [3.63, 3.8) is 0 Å². The molecule has 1 aliphatic rings. The van der Waals surface area contributed by atoms with Gasteiger partial charge < -0.3 is 10.5 Å². The maximum Gasteiger partial charge on any atom is 0.390 e. The van der Waals surface area contributed by atoms with Crippen molar-refractivity contribution in [3.8, 4) is 0 Å². The molecule has 0 unspecified atom stereocenters. The van der Waals surface area contributed by atoms with Gasteiger partial charge in [0.1, 0.15) is 0 Å². The van der Waals surface area contributed by atoms with Crippen LogP contribution in [0.15, 0.2) is 0 Å². The van der Waals surface area contributed by atoms with Gasteiger partial charge in [0, 0.05) is 18.8 Å². The third kappa shape index (κ3) is 4.69. The molecule has 1 saturated heterocycles. The second-order valence-electron chi connectivity index (χ2n) is 3.27. The molecule has 0 saturated carbocycles. The fourth-order valence-corrected chi connectivity index (χ4v) is 1.35. The van der Waals surface area contributed by atoms with Crippen LogP contribution in [0.4, 0.5) is 13.2 Å². The number of ether oxygens (including phenoxy) is 1. The Bertz CT molecular complexity index is 156. The van der Waals surface area contributed by atoms with Crippen LogP contribution < -0.4 is 5.73 Å². The monoisotopic (exact) mass is 219 g/mol. The van der Waals surface area contributed by atoms with Gasteiger partial charge in [0.15, 0.2) is 0 Å². The van der Waals surface area contributed by atoms with E-state index in [1.165, 1.54) is 0 Å². The number of halogens is 4. The summed E-state index contributed by atoms with van der Waals surface area (Å²) in [7, 11) is 0. The van der Waals surface area contributed by atoms with E-state index < -0.39 is 18.1 Å². The first-order valence-electron chi connectivity index (χ1n) is 3.85. The molecule has 2 nitrogen and oxygen atoms in total. The van der Waals surface area contributed by atoms with Crippen molar-refractivity contribution in [2.24, 2.45) is 5.73 Å². The molecule has 0 spiro atoms. The summed E-state index contributed by atoms with van der Waals surface area (Å²) in [5, 5.41) is 0. The number of hydrogen-bond acceptors (Lipinski definition) is 2. The summed E-state index contributed by atoms with van der Waals surface area (Å²) >= 11 is 0. The molecule has 0 amide bonds. The van der Waals surface area contributed by atoms with Crippen molar-refractivity contribution < 1.29 is 17.9 Å². The summed E-state index contributed by atoms with van der Waals surface area (Å²) in [6, 6.07) is 0. The van der Waals surface area contributed by atoms with Crippen LogP contribution in [0.1, 0.15) is 19.3 Å². The molecule has 2 N–H and O–H groups in total. The lowest BCUT2D eigenvalue weighted by atomic mass is 9.88. The molecular weight excluding hydrogens is 207 g/mol. The Hall–Kier alpha value is -0.0000000000000000486. The van der Waals surface area contributed by atoms with E-state index in [2.05, 4.69) is 0 Å². The summed E-state index contributed by atoms with van der Waals surface area (Å²) in [4.78, 5) is 0. The van der Waals surface area contributed by atoms with Crippen LogP contribution in [0.3, 0.4) is 0 Å². The average molecular weight is 220 g/mol. The van der Waals surface area contributed by atoms with Gasteiger partial charge in [0.2, 0.25) is 0 Å². The molecular formula is C7H13ClF3NO. The van der Waals surface area contributed by atoms with Crippen LogP contribution in [0, 0.1) is 0 Å². The Balaban J connectivity index is 0.00000144. The van der Waals surface area contributed by atoms with Gasteiger partial charge in [-0.25, -0.2) is 0 Å². The first kappa shape index (κ1) is 13.0. The summed E-state index contributed by atoms with van der Waals surface area (Å²) in [5.74, 6) is 0. The average Bonchev–Trinajstić information content (AvgIpc) is 1.83. The molecule has 1 rings (SSSR count). The highest BCUT2D eigenvalue weighted by Crippen LogP contribution is 2.31. The lowest BCUT2D eigenvalue weighted by Gasteiger charge is -2.33. The Morgan fingerprint density at radius 3 is 2.08 bits per heavy atom. The second kappa shape index (κ2) is 4.48. The van der Waals surface area contributed by atoms with Gasteiger partial charge in [0.25, 0.3) is 0 Å². The highest BCUT2D eigenvalue weighted by molar-refractivity contribution is 5.85. The van der Waals surface area contributed by atoms with Crippen LogP contribution in [0.5, 0.6) is 0 Å². The van der Waals surface area contributed by atoms with Crippen LogP contribution in [-0.4, -0.2) is 24.9 Å². The molecule has 0 aromatic rings. The third-order valence-corrected chi connectivity index (χ3v) is 2.04. The SMILES string of the molecule is Cl.NC1(CC(F)(F)F)CCOCC1. The summed E-state index contributed by atoms with van der Waals surface area (Å²) in [5.41, 5.74) is 4.46. The van der Waals surface area contributed by atoms with E-state index in [-0.39, 0.29) is 12.4 Å². The Labute approximate surface area is 81.0 Å². The standard InChI is InChI=1S/C7H12F3NO.ClH/c8-7(9,10)5-6(11)1-3-12-4-2-6;/h1-5,11H2;1H. The van der Waals surface area contributed by atoms with Gasteiger partial charge in [0.05, 0.1) is 6.42 Å². The highest BCUT2D eigenvalue weighted by atomic mass is 35.5. The number of hydrogen-bond donors (Lipinski definition) is 1. The van der Waals surface area contributed by atoms with Crippen molar-refractivity contribution in [2.45, 2.75) is 31.0 Å². The Morgan fingerprint density at radius 2 is 1.69 bits per heavy atom. The van der Waals surface area contributed by atoms with Gasteiger partial charge in [-0.15, -0.1) is 12.4 Å². The Morgan fingerprint density at radius 1 is 1.23 bits per heavy atom. The van der Waals surface area contributed by atoms with Crippen molar-refractivity contribution in [1.82, 2.24) is 0 Å². The second-order valence-corrected chi connectivity index (χ2v) is 3.27. The van der Waals surface area contributed by atoms with Crippen molar-refractivity contribution in [2.75, 3.05) is 13.2 Å². The molecule has 6 heteroatoms. The molecule has 1 fully saturated rings. The smallest absolute Gasteiger partial charge is 0.381 e. The van der Waals surface area contributed by atoms with Crippen LogP contribution in [0.25, 0.3) is 0 Å². The number of nitrogens with two attached hydrogens (primary N) is 1. The zero-order valence-electron chi connectivity index (χ0n) is 7.06. The summed E-state index contributed by atoms with van der Waals surface area (Å²) < 4.78 is 40.8. The predicted octanol–water partition coefficient (Wildman–Crippen LogP) is 1.87. The van der Waals surface area contributed by atoms with Crippen LogP contribution >= 0.6 is 12.4 Å². The zero-order chi connectivity index (χ0) is 9.24. The molecule has 0 radical (unpaired) electrons. The van der Waals surface area contributed by atoms with Crippen molar-refractivity contribution in [1.29, 1.82) is 0 Å². The van der Waals surface area contributed by atoms with Crippen LogP contribution in [-0.2, 0) is 4.74 Å². The molecule has 1 heterocycles. The quantitative estimate of drug-likeness (QED) is 0.731. The maximum absolute atomic E-state index is 12.0. The van der Waals surface area contributed by atoms with Crippen molar-refractivity contribution >= 4 is 12.4 Å². The fraction of sp³-hybridized carbons (Fsp3) is 1.00. The van der Waals surface area contributed by atoms with E-state index in [1.807, 2.05) is 0 Å². The first-order chi connectivity index (χ1) is 5.41. The number of rotatable bonds is 1. The third-order valence-electron chi connectivity index (χ3n) is 2.04. The number of alkyl halides is 3. The largest absolute Gasteiger partial charge is 0.390 e. The maximum atomic E-state index is 12.0. The summed E-state index contributed by atoms with van der Waals surface area (Å²) in [6.45, 7) is 0.680. The molecule has 0 atom stereocenters. The normalized spacial score (nSPS) is 22.2. The first-order valence-corrected chi connectivity index (χ1v) is 3.85. The topological polar surface area (TPSA) is 35.2 Å². The van der Waals surface area contributed by atoms with Gasteiger partial charge in [-0.05, 0) is 12.8 Å². The van der Waals surface area contributed by atoms with Gasteiger partial charge in [-0.3, -0.25) is 0 Å². The predicted molar refractivity (Wildman–Crippen MR) is 44.9 cm³/mol. The van der Waals surface area contributed by atoms with E-state index in [0.717, 1.165) is 0 Å². The van der Waals surface area contributed by atoms with E-state index in [9.17, 15) is 13.2 Å². The van der Waals surface area contributed by atoms with E-state index in [0.29, 0.717) is 26.1 Å². The molecule has 0 aromatic heterocycles. The van der Waals surface area contributed by atoms with E-state index in [1.54, 1.807) is 0 Å². The molecule has 0 aliphatic carbocycles. The van der Waals surface area contributed by atoms with E-state index >= 15 is 0 Å². The van der Waals surface area contributed by atoms with Gasteiger partial charge >= 0.3 is 6.18 Å². The molecule has 80 valence electrons. The molecule has 0 bridgehead atoms. The van der Waals surface area contributed by atoms with Gasteiger partial charge in [-0.1, -0.05) is 0 Å². The minimum atomic E-state index is -4.16. The van der Waals surface area contributed by atoms with E-state index in [4.69, 9.17) is 10.5 Å². The minimum Gasteiger partial charge on any atom is -0.381 e. The summed E-state index contributed by atoms with van der Waals surface area (Å²) in [6.07, 6.45) is -4.46. The molecule has 1 aliphatic heterocycles. The molecule has 13 heavy (non-hydrogen) atoms. The van der Waals surface area contributed by atoms with Gasteiger partial charge in [-0.2, -0.15) is 13.2 Å². The highest BCUT2D eigenvalue weighted by Gasteiger charge is 2.40.